The van der Waals surface area contributed by atoms with Gasteiger partial charge in [0.15, 0.2) is 0 Å². The molecule has 0 aromatic carbocycles. The third-order valence-corrected chi connectivity index (χ3v) is 3.56. The van der Waals surface area contributed by atoms with E-state index < -0.39 is 0 Å². The van der Waals surface area contributed by atoms with E-state index in [-0.39, 0.29) is 0 Å². The molecule has 0 aliphatic carbocycles. The summed E-state index contributed by atoms with van der Waals surface area (Å²) in [5.41, 5.74) is 16.4. The number of nitrogens with one attached hydrogen (secondary N) is 1. The van der Waals surface area contributed by atoms with Gasteiger partial charge in [0, 0.05) is 17.5 Å². The summed E-state index contributed by atoms with van der Waals surface area (Å²) in [7, 11) is 0. The van der Waals surface area contributed by atoms with Crippen LogP contribution in [-0.4, -0.2) is 19.7 Å². The molecule has 0 saturated heterocycles. The van der Waals surface area contributed by atoms with E-state index in [1.165, 1.54) is 0 Å². The SMILES string of the molecule is C=C(N)c1cc(C)c(N)nc1Nc1cncc(-n2cc(C)cn2)c1. The van der Waals surface area contributed by atoms with E-state index in [1.54, 1.807) is 23.3 Å². The van der Waals surface area contributed by atoms with E-state index in [0.717, 1.165) is 22.5 Å². The Morgan fingerprint density at radius 3 is 2.67 bits per heavy atom. The zero-order chi connectivity index (χ0) is 17.3. The lowest BCUT2D eigenvalue weighted by Crippen LogP contribution is -2.07. The highest BCUT2D eigenvalue weighted by Gasteiger charge is 2.10. The fraction of sp³-hybridized carbons (Fsp3) is 0.118. The number of pyridine rings is 2. The summed E-state index contributed by atoms with van der Waals surface area (Å²) in [6.45, 7) is 7.65. The first kappa shape index (κ1) is 15.5. The fourth-order valence-corrected chi connectivity index (χ4v) is 2.28. The van der Waals surface area contributed by atoms with Gasteiger partial charge in [-0.15, -0.1) is 0 Å². The predicted molar refractivity (Wildman–Crippen MR) is 96.0 cm³/mol. The van der Waals surface area contributed by atoms with Crippen LogP contribution in [0.1, 0.15) is 16.7 Å². The van der Waals surface area contributed by atoms with Crippen LogP contribution in [-0.2, 0) is 0 Å². The lowest BCUT2D eigenvalue weighted by Gasteiger charge is -2.13. The van der Waals surface area contributed by atoms with Crippen molar-refractivity contribution >= 4 is 23.0 Å². The van der Waals surface area contributed by atoms with E-state index >= 15 is 0 Å². The second-order valence-corrected chi connectivity index (χ2v) is 5.63. The summed E-state index contributed by atoms with van der Waals surface area (Å²) in [5.74, 6) is 0.982. The minimum absolute atomic E-state index is 0.417. The van der Waals surface area contributed by atoms with Crippen LogP contribution in [0.4, 0.5) is 17.3 Å². The van der Waals surface area contributed by atoms with Gasteiger partial charge in [0.1, 0.15) is 11.6 Å². The molecular formula is C17H19N7. The molecule has 0 saturated carbocycles. The third-order valence-electron chi connectivity index (χ3n) is 3.56. The number of anilines is 3. The van der Waals surface area contributed by atoms with Crippen molar-refractivity contribution in [2.45, 2.75) is 13.8 Å². The first-order valence-electron chi connectivity index (χ1n) is 7.39. The van der Waals surface area contributed by atoms with E-state index in [1.807, 2.05) is 32.2 Å². The van der Waals surface area contributed by atoms with Gasteiger partial charge in [0.25, 0.3) is 0 Å². The summed E-state index contributed by atoms with van der Waals surface area (Å²) >= 11 is 0. The maximum atomic E-state index is 5.92. The van der Waals surface area contributed by atoms with Crippen LogP contribution < -0.4 is 16.8 Å². The second-order valence-electron chi connectivity index (χ2n) is 5.63. The summed E-state index contributed by atoms with van der Waals surface area (Å²) in [4.78, 5) is 8.62. The van der Waals surface area contributed by atoms with Gasteiger partial charge in [0.05, 0.1) is 30.0 Å². The number of nitrogens with zero attached hydrogens (tertiary/aromatic N) is 4. The van der Waals surface area contributed by atoms with E-state index in [4.69, 9.17) is 11.5 Å². The van der Waals surface area contributed by atoms with Gasteiger partial charge in [-0.3, -0.25) is 4.98 Å². The van der Waals surface area contributed by atoms with Gasteiger partial charge in [-0.1, -0.05) is 6.58 Å². The third kappa shape index (κ3) is 3.05. The summed E-state index contributed by atoms with van der Waals surface area (Å²) in [5, 5.41) is 7.49. The number of hydrogen-bond donors (Lipinski definition) is 3. The molecule has 0 atom stereocenters. The molecule has 5 N–H and O–H groups in total. The molecule has 0 unspecified atom stereocenters. The van der Waals surface area contributed by atoms with Crippen molar-refractivity contribution in [1.29, 1.82) is 0 Å². The van der Waals surface area contributed by atoms with Gasteiger partial charge < -0.3 is 16.8 Å². The monoisotopic (exact) mass is 321 g/mol. The van der Waals surface area contributed by atoms with Crippen molar-refractivity contribution in [3.05, 3.63) is 60.2 Å². The van der Waals surface area contributed by atoms with Crippen LogP contribution >= 0.6 is 0 Å². The molecule has 0 bridgehead atoms. The smallest absolute Gasteiger partial charge is 0.142 e. The molecule has 0 aliphatic rings. The average Bonchev–Trinajstić information content (AvgIpc) is 2.97. The number of rotatable bonds is 4. The normalized spacial score (nSPS) is 10.6. The molecule has 3 heterocycles. The molecule has 24 heavy (non-hydrogen) atoms. The maximum Gasteiger partial charge on any atom is 0.142 e. The van der Waals surface area contributed by atoms with Gasteiger partial charge in [-0.05, 0) is 37.1 Å². The lowest BCUT2D eigenvalue weighted by atomic mass is 10.1. The van der Waals surface area contributed by atoms with Crippen LogP contribution in [0.2, 0.25) is 0 Å². The van der Waals surface area contributed by atoms with Gasteiger partial charge in [-0.25, -0.2) is 9.67 Å². The summed E-state index contributed by atoms with van der Waals surface area (Å²) < 4.78 is 1.76. The molecule has 3 rings (SSSR count). The molecule has 3 aromatic heterocycles. The first-order valence-corrected chi connectivity index (χ1v) is 7.39. The highest BCUT2D eigenvalue weighted by Crippen LogP contribution is 2.26. The Morgan fingerprint density at radius 2 is 2.00 bits per heavy atom. The molecule has 0 fully saturated rings. The molecule has 0 radical (unpaired) electrons. The van der Waals surface area contributed by atoms with Crippen LogP contribution in [0.5, 0.6) is 0 Å². The molecule has 122 valence electrons. The highest BCUT2D eigenvalue weighted by molar-refractivity contribution is 5.76. The topological polar surface area (TPSA) is 108 Å². The molecular weight excluding hydrogens is 302 g/mol. The summed E-state index contributed by atoms with van der Waals surface area (Å²) in [6, 6.07) is 3.78. The molecule has 0 aliphatic heterocycles. The van der Waals surface area contributed by atoms with Crippen LogP contribution in [0, 0.1) is 13.8 Å². The Bertz CT molecular complexity index is 911. The maximum absolute atomic E-state index is 5.92. The lowest BCUT2D eigenvalue weighted by molar-refractivity contribution is 0.874. The molecule has 7 heteroatoms. The van der Waals surface area contributed by atoms with Gasteiger partial charge >= 0.3 is 0 Å². The average molecular weight is 321 g/mol. The molecule has 0 amide bonds. The summed E-state index contributed by atoms with van der Waals surface area (Å²) in [6.07, 6.45) is 7.15. The van der Waals surface area contributed by atoms with Crippen molar-refractivity contribution in [3.8, 4) is 5.69 Å². The first-order chi connectivity index (χ1) is 11.4. The predicted octanol–water partition coefficient (Wildman–Crippen LogP) is 2.53. The molecule has 3 aromatic rings. The Kier molecular flexibility index (Phi) is 3.91. The molecule has 0 spiro atoms. The van der Waals surface area contributed by atoms with Crippen molar-refractivity contribution in [3.63, 3.8) is 0 Å². The van der Waals surface area contributed by atoms with Crippen LogP contribution in [0.25, 0.3) is 11.4 Å². The number of hydrogen-bond acceptors (Lipinski definition) is 6. The zero-order valence-corrected chi connectivity index (χ0v) is 13.6. The fourth-order valence-electron chi connectivity index (χ4n) is 2.28. The van der Waals surface area contributed by atoms with Gasteiger partial charge in [0.2, 0.25) is 0 Å². The second kappa shape index (κ2) is 6.04. The number of nitrogens with two attached hydrogens (primary N) is 2. The zero-order valence-electron chi connectivity index (χ0n) is 13.6. The Labute approximate surface area is 140 Å². The quantitative estimate of drug-likeness (QED) is 0.681. The minimum Gasteiger partial charge on any atom is -0.399 e. The number of aryl methyl sites for hydroxylation is 2. The van der Waals surface area contributed by atoms with E-state index in [2.05, 4.69) is 27.0 Å². The Hall–Kier alpha value is -3.35. The highest BCUT2D eigenvalue weighted by atomic mass is 15.3. The van der Waals surface area contributed by atoms with Crippen LogP contribution in [0.3, 0.4) is 0 Å². The van der Waals surface area contributed by atoms with Gasteiger partial charge in [-0.2, -0.15) is 5.10 Å². The van der Waals surface area contributed by atoms with Crippen molar-refractivity contribution < 1.29 is 0 Å². The van der Waals surface area contributed by atoms with E-state index in [9.17, 15) is 0 Å². The van der Waals surface area contributed by atoms with E-state index in [0.29, 0.717) is 22.9 Å². The minimum atomic E-state index is 0.417. The number of nitrogen functional groups attached to an aromatic ring is 1. The van der Waals surface area contributed by atoms with Crippen LogP contribution in [0.15, 0.2) is 43.5 Å². The van der Waals surface area contributed by atoms with Crippen molar-refractivity contribution in [2.75, 3.05) is 11.1 Å². The van der Waals surface area contributed by atoms with Crippen molar-refractivity contribution in [2.24, 2.45) is 5.73 Å². The Morgan fingerprint density at radius 1 is 1.21 bits per heavy atom. The molecule has 7 nitrogen and oxygen atoms in total. The standard InChI is InChI=1S/C17H19N7/c1-10-6-21-24(9-10)14-5-13(7-20-8-14)22-17-15(12(3)18)4-11(2)16(19)23-17/h4-9H,3,18H2,1-2H3,(H3,19,22,23). The largest absolute Gasteiger partial charge is 0.399 e. The van der Waals surface area contributed by atoms with Crippen molar-refractivity contribution in [1.82, 2.24) is 19.7 Å². The number of aromatic nitrogens is 4. The Balaban J connectivity index is 1.97.